The maximum absolute atomic E-state index is 14.1. The Morgan fingerprint density at radius 1 is 1.39 bits per heavy atom. The molecule has 2 rings (SSSR count). The van der Waals surface area contributed by atoms with Crippen LogP contribution in [0.15, 0.2) is 30.6 Å². The first-order valence-electron chi connectivity index (χ1n) is 6.10. The van der Waals surface area contributed by atoms with E-state index < -0.39 is 0 Å². The van der Waals surface area contributed by atoms with Gasteiger partial charge in [0.25, 0.3) is 0 Å². The van der Waals surface area contributed by atoms with Crippen molar-refractivity contribution in [2.45, 2.75) is 26.3 Å². The molecule has 0 unspecified atom stereocenters. The number of imidazole rings is 1. The highest BCUT2D eigenvalue weighted by Gasteiger charge is 2.12. The lowest BCUT2D eigenvalue weighted by Crippen LogP contribution is -2.08. The van der Waals surface area contributed by atoms with Crippen LogP contribution in [0.1, 0.15) is 31.2 Å². The summed E-state index contributed by atoms with van der Waals surface area (Å²) in [4.78, 5) is 4.28. The van der Waals surface area contributed by atoms with Crippen LogP contribution in [0.5, 0.6) is 0 Å². The molecule has 96 valence electrons. The second-order valence-corrected chi connectivity index (χ2v) is 4.63. The smallest absolute Gasteiger partial charge is 0.147 e. The third-order valence-corrected chi connectivity index (χ3v) is 2.84. The van der Waals surface area contributed by atoms with Gasteiger partial charge >= 0.3 is 0 Å². The summed E-state index contributed by atoms with van der Waals surface area (Å²) < 4.78 is 15.9. The minimum absolute atomic E-state index is 0.220. The van der Waals surface area contributed by atoms with Gasteiger partial charge in [-0.15, -0.1) is 0 Å². The van der Waals surface area contributed by atoms with Crippen molar-refractivity contribution in [1.82, 2.24) is 14.9 Å². The molecular formula is C14H18FN3. The SMILES string of the molecule is CNCc1ccc(-n2ccnc2C(C)C)c(F)c1. The Morgan fingerprint density at radius 3 is 2.78 bits per heavy atom. The molecule has 2 aromatic rings. The van der Waals surface area contributed by atoms with Crippen molar-refractivity contribution >= 4 is 0 Å². The Morgan fingerprint density at radius 2 is 2.17 bits per heavy atom. The van der Waals surface area contributed by atoms with E-state index in [0.717, 1.165) is 11.4 Å². The van der Waals surface area contributed by atoms with Crippen molar-refractivity contribution < 1.29 is 4.39 Å². The number of rotatable bonds is 4. The average molecular weight is 247 g/mol. The Balaban J connectivity index is 2.42. The topological polar surface area (TPSA) is 29.9 Å². The van der Waals surface area contributed by atoms with Gasteiger partial charge in [0.1, 0.15) is 11.6 Å². The van der Waals surface area contributed by atoms with Crippen molar-refractivity contribution in [3.63, 3.8) is 0 Å². The summed E-state index contributed by atoms with van der Waals surface area (Å²) in [6.07, 6.45) is 3.50. The third kappa shape index (κ3) is 2.43. The molecule has 0 radical (unpaired) electrons. The van der Waals surface area contributed by atoms with Crippen LogP contribution in [0, 0.1) is 5.82 Å². The molecule has 0 amide bonds. The number of benzene rings is 1. The zero-order chi connectivity index (χ0) is 13.1. The molecule has 0 spiro atoms. The van der Waals surface area contributed by atoms with E-state index in [1.54, 1.807) is 24.5 Å². The van der Waals surface area contributed by atoms with E-state index >= 15 is 0 Å². The highest BCUT2D eigenvalue weighted by Crippen LogP contribution is 2.20. The normalized spacial score (nSPS) is 11.2. The molecule has 1 aromatic heterocycles. The van der Waals surface area contributed by atoms with Gasteiger partial charge in [-0.3, -0.25) is 0 Å². The minimum Gasteiger partial charge on any atom is -0.316 e. The zero-order valence-electron chi connectivity index (χ0n) is 10.9. The van der Waals surface area contributed by atoms with E-state index in [1.807, 2.05) is 31.5 Å². The van der Waals surface area contributed by atoms with Crippen molar-refractivity contribution in [1.29, 1.82) is 0 Å². The first kappa shape index (κ1) is 12.8. The van der Waals surface area contributed by atoms with E-state index in [2.05, 4.69) is 10.3 Å². The second kappa shape index (κ2) is 5.31. The van der Waals surface area contributed by atoms with Crippen LogP contribution in [0.3, 0.4) is 0 Å². The van der Waals surface area contributed by atoms with Gasteiger partial charge in [0.2, 0.25) is 0 Å². The van der Waals surface area contributed by atoms with Crippen molar-refractivity contribution in [2.75, 3.05) is 7.05 Å². The van der Waals surface area contributed by atoms with E-state index in [1.165, 1.54) is 0 Å². The van der Waals surface area contributed by atoms with Crippen LogP contribution in [-0.2, 0) is 6.54 Å². The molecule has 18 heavy (non-hydrogen) atoms. The van der Waals surface area contributed by atoms with Crippen molar-refractivity contribution in [3.8, 4) is 5.69 Å². The molecule has 3 nitrogen and oxygen atoms in total. The first-order chi connectivity index (χ1) is 8.63. The summed E-state index contributed by atoms with van der Waals surface area (Å²) in [5.74, 6) is 0.911. The largest absolute Gasteiger partial charge is 0.316 e. The van der Waals surface area contributed by atoms with Gasteiger partial charge in [0.05, 0.1) is 5.69 Å². The minimum atomic E-state index is -0.220. The Kier molecular flexibility index (Phi) is 3.77. The van der Waals surface area contributed by atoms with E-state index in [-0.39, 0.29) is 11.7 Å². The van der Waals surface area contributed by atoms with Crippen LogP contribution >= 0.6 is 0 Å². The fourth-order valence-corrected chi connectivity index (χ4v) is 2.01. The third-order valence-electron chi connectivity index (χ3n) is 2.84. The van der Waals surface area contributed by atoms with Gasteiger partial charge in [-0.05, 0) is 24.7 Å². The zero-order valence-corrected chi connectivity index (χ0v) is 10.9. The average Bonchev–Trinajstić information content (AvgIpc) is 2.78. The van der Waals surface area contributed by atoms with Crippen LogP contribution in [-0.4, -0.2) is 16.6 Å². The molecule has 0 aliphatic rings. The molecule has 0 saturated heterocycles. The van der Waals surface area contributed by atoms with Gasteiger partial charge < -0.3 is 9.88 Å². The first-order valence-corrected chi connectivity index (χ1v) is 6.10. The number of nitrogens with one attached hydrogen (secondary N) is 1. The van der Waals surface area contributed by atoms with E-state index in [9.17, 15) is 4.39 Å². The summed E-state index contributed by atoms with van der Waals surface area (Å²) in [5.41, 5.74) is 1.49. The second-order valence-electron chi connectivity index (χ2n) is 4.63. The van der Waals surface area contributed by atoms with Gasteiger partial charge in [-0.1, -0.05) is 19.9 Å². The Bertz CT molecular complexity index is 532. The Hall–Kier alpha value is -1.68. The quantitative estimate of drug-likeness (QED) is 0.900. The molecule has 0 bridgehead atoms. The molecule has 0 aliphatic carbocycles. The van der Waals surface area contributed by atoms with Crippen LogP contribution in [0.25, 0.3) is 5.69 Å². The predicted molar refractivity (Wildman–Crippen MR) is 70.4 cm³/mol. The summed E-state index contributed by atoms with van der Waals surface area (Å²) in [7, 11) is 1.85. The lowest BCUT2D eigenvalue weighted by atomic mass is 10.1. The highest BCUT2D eigenvalue weighted by molar-refractivity contribution is 5.38. The standard InChI is InChI=1S/C14H18FN3/c1-10(2)14-17-6-7-18(14)13-5-4-11(9-16-3)8-12(13)15/h4-8,10,16H,9H2,1-3H3. The number of hydrogen-bond donors (Lipinski definition) is 1. The predicted octanol–water partition coefficient (Wildman–Crippen LogP) is 2.85. The van der Waals surface area contributed by atoms with Gasteiger partial charge in [0.15, 0.2) is 0 Å². The van der Waals surface area contributed by atoms with E-state index in [4.69, 9.17) is 0 Å². The maximum atomic E-state index is 14.1. The van der Waals surface area contributed by atoms with Gasteiger partial charge in [-0.25, -0.2) is 9.37 Å². The number of halogens is 1. The number of hydrogen-bond acceptors (Lipinski definition) is 2. The summed E-state index contributed by atoms with van der Waals surface area (Å²) in [6.45, 7) is 4.76. The molecule has 1 aromatic carbocycles. The lowest BCUT2D eigenvalue weighted by molar-refractivity contribution is 0.608. The summed E-state index contributed by atoms with van der Waals surface area (Å²) >= 11 is 0. The van der Waals surface area contributed by atoms with E-state index in [0.29, 0.717) is 12.2 Å². The molecule has 0 atom stereocenters. The number of nitrogens with zero attached hydrogens (tertiary/aromatic N) is 2. The summed E-state index contributed by atoms with van der Waals surface area (Å²) in [6, 6.07) is 5.30. The summed E-state index contributed by atoms with van der Waals surface area (Å²) in [5, 5.41) is 3.01. The monoisotopic (exact) mass is 247 g/mol. The van der Waals surface area contributed by atoms with Crippen LogP contribution in [0.4, 0.5) is 4.39 Å². The van der Waals surface area contributed by atoms with Crippen LogP contribution in [0.2, 0.25) is 0 Å². The fraction of sp³-hybridized carbons (Fsp3) is 0.357. The van der Waals surface area contributed by atoms with Crippen molar-refractivity contribution in [2.24, 2.45) is 0 Å². The molecule has 1 heterocycles. The molecule has 0 saturated carbocycles. The van der Waals surface area contributed by atoms with Crippen molar-refractivity contribution in [3.05, 3.63) is 47.8 Å². The highest BCUT2D eigenvalue weighted by atomic mass is 19.1. The van der Waals surface area contributed by atoms with Crippen LogP contribution < -0.4 is 5.32 Å². The Labute approximate surface area is 107 Å². The van der Waals surface area contributed by atoms with Gasteiger partial charge in [0, 0.05) is 24.9 Å². The lowest BCUT2D eigenvalue weighted by Gasteiger charge is -2.12. The molecule has 0 aliphatic heterocycles. The molecule has 1 N–H and O–H groups in total. The molecule has 0 fully saturated rings. The van der Waals surface area contributed by atoms with Gasteiger partial charge in [-0.2, -0.15) is 0 Å². The molecule has 4 heteroatoms. The maximum Gasteiger partial charge on any atom is 0.147 e. The fourth-order valence-electron chi connectivity index (χ4n) is 2.01. The number of aromatic nitrogens is 2. The molecular weight excluding hydrogens is 229 g/mol.